The van der Waals surface area contributed by atoms with Crippen LogP contribution in [-0.2, 0) is 20.6 Å². The highest BCUT2D eigenvalue weighted by Gasteiger charge is 2.14. The summed E-state index contributed by atoms with van der Waals surface area (Å²) in [5, 5.41) is 0.266. The van der Waals surface area contributed by atoms with E-state index in [-0.39, 0.29) is 10.9 Å². The Labute approximate surface area is 132 Å². The van der Waals surface area contributed by atoms with Crippen molar-refractivity contribution in [2.45, 2.75) is 12.7 Å². The minimum atomic E-state index is -3.81. The predicted octanol–water partition coefficient (Wildman–Crippen LogP) is 2.30. The molecule has 0 bridgehead atoms. The van der Waals surface area contributed by atoms with Crippen LogP contribution in [0.15, 0.2) is 41.0 Å². The lowest BCUT2D eigenvalue weighted by molar-refractivity contribution is -0.114. The number of halogens is 1. The van der Waals surface area contributed by atoms with Crippen LogP contribution in [0.3, 0.4) is 0 Å². The van der Waals surface area contributed by atoms with E-state index in [0.29, 0.717) is 17.1 Å². The van der Waals surface area contributed by atoms with Gasteiger partial charge in [-0.2, -0.15) is 0 Å². The largest absolute Gasteiger partial charge is 0.462 e. The number of aromatic nitrogens is 1. The molecule has 0 fully saturated rings. The van der Waals surface area contributed by atoms with Gasteiger partial charge in [-0.05, 0) is 36.8 Å². The lowest BCUT2D eigenvalue weighted by Crippen LogP contribution is -2.30. The fourth-order valence-corrected chi connectivity index (χ4v) is 2.80. The van der Waals surface area contributed by atoms with Gasteiger partial charge in [-0.3, -0.25) is 4.79 Å². The van der Waals surface area contributed by atoms with Crippen molar-refractivity contribution in [2.75, 3.05) is 0 Å². The maximum Gasteiger partial charge on any atom is 0.257 e. The van der Waals surface area contributed by atoms with Crippen LogP contribution in [-0.4, -0.2) is 19.3 Å². The highest BCUT2D eigenvalue weighted by Crippen LogP contribution is 2.09. The summed E-state index contributed by atoms with van der Waals surface area (Å²) in [4.78, 5) is 15.4. The van der Waals surface area contributed by atoms with Crippen LogP contribution in [0.5, 0.6) is 0 Å². The van der Waals surface area contributed by atoms with Gasteiger partial charge in [-0.1, -0.05) is 17.7 Å². The van der Waals surface area contributed by atoms with E-state index in [1.54, 1.807) is 19.1 Å². The van der Waals surface area contributed by atoms with E-state index in [0.717, 1.165) is 6.08 Å². The highest BCUT2D eigenvalue weighted by atomic mass is 35.5. The first kappa shape index (κ1) is 16.3. The van der Waals surface area contributed by atoms with E-state index < -0.39 is 15.9 Å². The zero-order valence-corrected chi connectivity index (χ0v) is 13.2. The second kappa shape index (κ2) is 6.76. The number of pyridine rings is 1. The standard InChI is InChI=1S/C14H13ClN2O4S/c1-10-2-4-12(21-10)5-7-14(18)17-22(19,20)9-11-3-6-13(15)16-8-11/h2-8H,9H2,1H3,(H,17,18)/b7-5-. The SMILES string of the molecule is Cc1ccc(/C=C\C(=O)NS(=O)(=O)Cc2ccc(Cl)nc2)o1. The van der Waals surface area contributed by atoms with Gasteiger partial charge in [0.25, 0.3) is 5.91 Å². The summed E-state index contributed by atoms with van der Waals surface area (Å²) in [5.74, 6) is 0.0437. The van der Waals surface area contributed by atoms with Crippen LogP contribution in [0.2, 0.25) is 5.15 Å². The number of aryl methyl sites for hydroxylation is 1. The second-order valence-electron chi connectivity index (χ2n) is 4.50. The first-order valence-corrected chi connectivity index (χ1v) is 8.26. The van der Waals surface area contributed by atoms with Crippen LogP contribution in [0.4, 0.5) is 0 Å². The summed E-state index contributed by atoms with van der Waals surface area (Å²) >= 11 is 5.62. The number of carbonyl (C=O) groups is 1. The van der Waals surface area contributed by atoms with Crippen molar-refractivity contribution < 1.29 is 17.6 Å². The normalized spacial score (nSPS) is 11.7. The van der Waals surface area contributed by atoms with Gasteiger partial charge < -0.3 is 4.42 Å². The van der Waals surface area contributed by atoms with E-state index in [9.17, 15) is 13.2 Å². The maximum absolute atomic E-state index is 11.9. The molecule has 2 aromatic rings. The minimum Gasteiger partial charge on any atom is -0.462 e. The van der Waals surface area contributed by atoms with Gasteiger partial charge in [0, 0.05) is 12.3 Å². The van der Waals surface area contributed by atoms with Gasteiger partial charge in [0.2, 0.25) is 10.0 Å². The Balaban J connectivity index is 1.97. The van der Waals surface area contributed by atoms with Crippen molar-refractivity contribution in [3.05, 3.63) is 58.8 Å². The van der Waals surface area contributed by atoms with E-state index in [2.05, 4.69) is 4.98 Å². The molecule has 6 nitrogen and oxygen atoms in total. The minimum absolute atomic E-state index is 0.266. The fraction of sp³-hybridized carbons (Fsp3) is 0.143. The van der Waals surface area contributed by atoms with Gasteiger partial charge in [0.1, 0.15) is 16.7 Å². The lowest BCUT2D eigenvalue weighted by Gasteiger charge is -2.04. The fourth-order valence-electron chi connectivity index (χ4n) is 1.64. The van der Waals surface area contributed by atoms with Crippen LogP contribution in [0, 0.1) is 6.92 Å². The van der Waals surface area contributed by atoms with Crippen LogP contribution in [0.1, 0.15) is 17.1 Å². The molecule has 116 valence electrons. The molecule has 0 saturated carbocycles. The number of furan rings is 1. The molecular formula is C14H13ClN2O4S. The summed E-state index contributed by atoms with van der Waals surface area (Å²) < 4.78 is 30.9. The first-order valence-electron chi connectivity index (χ1n) is 6.23. The summed E-state index contributed by atoms with van der Waals surface area (Å²) in [6.45, 7) is 1.77. The van der Waals surface area contributed by atoms with Crippen LogP contribution < -0.4 is 4.72 Å². The van der Waals surface area contributed by atoms with Gasteiger partial charge in [0.15, 0.2) is 0 Å². The second-order valence-corrected chi connectivity index (χ2v) is 6.61. The van der Waals surface area contributed by atoms with E-state index in [1.165, 1.54) is 24.4 Å². The van der Waals surface area contributed by atoms with Crippen molar-refractivity contribution in [1.82, 2.24) is 9.71 Å². The zero-order valence-electron chi connectivity index (χ0n) is 11.6. The third-order valence-electron chi connectivity index (χ3n) is 2.56. The van der Waals surface area contributed by atoms with E-state index in [4.69, 9.17) is 16.0 Å². The van der Waals surface area contributed by atoms with Crippen molar-refractivity contribution in [3.63, 3.8) is 0 Å². The Kier molecular flexibility index (Phi) is 4.99. The molecule has 0 aliphatic heterocycles. The average molecular weight is 341 g/mol. The molecule has 0 aliphatic rings. The molecule has 0 aromatic carbocycles. The Morgan fingerprint density at radius 2 is 2.14 bits per heavy atom. The van der Waals surface area contributed by atoms with Gasteiger partial charge >= 0.3 is 0 Å². The molecule has 2 aromatic heterocycles. The topological polar surface area (TPSA) is 89.3 Å². The van der Waals surface area contributed by atoms with Crippen LogP contribution in [0.25, 0.3) is 6.08 Å². The molecule has 22 heavy (non-hydrogen) atoms. The molecule has 0 unspecified atom stereocenters. The molecular weight excluding hydrogens is 328 g/mol. The van der Waals surface area contributed by atoms with Crippen molar-refractivity contribution in [1.29, 1.82) is 0 Å². The van der Waals surface area contributed by atoms with Crippen molar-refractivity contribution >= 4 is 33.6 Å². The van der Waals surface area contributed by atoms with Crippen molar-refractivity contribution in [2.24, 2.45) is 0 Å². The zero-order chi connectivity index (χ0) is 16.2. The lowest BCUT2D eigenvalue weighted by atomic mass is 10.3. The number of rotatable bonds is 5. The number of carbonyl (C=O) groups excluding carboxylic acids is 1. The number of hydrogen-bond donors (Lipinski definition) is 1. The quantitative estimate of drug-likeness (QED) is 0.666. The molecule has 1 N–H and O–H groups in total. The maximum atomic E-state index is 11.9. The molecule has 2 heterocycles. The molecule has 0 spiro atoms. The van der Waals surface area contributed by atoms with Gasteiger partial charge in [-0.25, -0.2) is 18.1 Å². The smallest absolute Gasteiger partial charge is 0.257 e. The first-order chi connectivity index (χ1) is 10.3. The highest BCUT2D eigenvalue weighted by molar-refractivity contribution is 7.89. The molecule has 8 heteroatoms. The number of nitrogens with one attached hydrogen (secondary N) is 1. The predicted molar refractivity (Wildman–Crippen MR) is 82.5 cm³/mol. The Bertz CT molecular complexity index is 795. The Hall–Kier alpha value is -2.12. The third kappa shape index (κ3) is 5.01. The van der Waals surface area contributed by atoms with Crippen LogP contribution >= 0.6 is 11.6 Å². The molecule has 0 atom stereocenters. The van der Waals surface area contributed by atoms with Crippen molar-refractivity contribution in [3.8, 4) is 0 Å². The van der Waals surface area contributed by atoms with E-state index >= 15 is 0 Å². The summed E-state index contributed by atoms with van der Waals surface area (Å²) in [7, 11) is -3.81. The van der Waals surface area contributed by atoms with E-state index in [1.807, 2.05) is 4.72 Å². The number of sulfonamides is 1. The number of amides is 1. The third-order valence-corrected chi connectivity index (χ3v) is 4.01. The van der Waals surface area contributed by atoms with Gasteiger partial charge in [0.05, 0.1) is 5.75 Å². The monoisotopic (exact) mass is 340 g/mol. The number of nitrogens with zero attached hydrogens (tertiary/aromatic N) is 1. The van der Waals surface area contributed by atoms with Gasteiger partial charge in [-0.15, -0.1) is 0 Å². The summed E-state index contributed by atoms with van der Waals surface area (Å²) in [6.07, 6.45) is 3.82. The Morgan fingerprint density at radius 3 is 2.73 bits per heavy atom. The number of hydrogen-bond acceptors (Lipinski definition) is 5. The summed E-state index contributed by atoms with van der Waals surface area (Å²) in [5.41, 5.74) is 0.426. The molecule has 0 saturated heterocycles. The molecule has 0 radical (unpaired) electrons. The summed E-state index contributed by atoms with van der Waals surface area (Å²) in [6, 6.07) is 6.42. The molecule has 0 aliphatic carbocycles. The molecule has 1 amide bonds. The Morgan fingerprint density at radius 1 is 1.36 bits per heavy atom. The molecule has 2 rings (SSSR count). The average Bonchev–Trinajstić information content (AvgIpc) is 2.84.